The van der Waals surface area contributed by atoms with E-state index in [1.807, 2.05) is 0 Å². The lowest BCUT2D eigenvalue weighted by Crippen LogP contribution is -2.32. The summed E-state index contributed by atoms with van der Waals surface area (Å²) in [5.74, 6) is -0.195. The first-order chi connectivity index (χ1) is 6.75. The molecule has 0 bridgehead atoms. The highest BCUT2D eigenvalue weighted by Crippen LogP contribution is 2.10. The van der Waals surface area contributed by atoms with Crippen LogP contribution in [0.15, 0.2) is 12.4 Å². The van der Waals surface area contributed by atoms with Crippen LogP contribution in [0.2, 0.25) is 0 Å². The predicted octanol–water partition coefficient (Wildman–Crippen LogP) is -0.213. The van der Waals surface area contributed by atoms with Gasteiger partial charge in [-0.2, -0.15) is 0 Å². The van der Waals surface area contributed by atoms with Crippen molar-refractivity contribution in [3.05, 3.63) is 18.2 Å². The molecule has 0 amide bonds. The van der Waals surface area contributed by atoms with E-state index < -0.39 is 11.9 Å². The minimum Gasteiger partial charge on any atom is -0.388 e. The molecule has 2 rings (SSSR count). The van der Waals surface area contributed by atoms with E-state index in [1.165, 1.54) is 0 Å². The summed E-state index contributed by atoms with van der Waals surface area (Å²) in [6.07, 6.45) is 1.57. The number of aliphatic hydroxyl groups is 1. The normalized spacial score (nSPS) is 26.4. The summed E-state index contributed by atoms with van der Waals surface area (Å²) in [6.45, 7) is 0.709. The molecule has 2 unspecified atom stereocenters. The van der Waals surface area contributed by atoms with Crippen LogP contribution in [0.25, 0.3) is 0 Å². The Morgan fingerprint density at radius 2 is 2.14 bits per heavy atom. The second kappa shape index (κ2) is 3.85. The van der Waals surface area contributed by atoms with E-state index >= 15 is 0 Å². The standard InChI is InChI=1S/C8H10FN3O2/c9-5-1-10-8(11-2-5)12-6-3-14-4-7(6)13/h1-2,6-7,13H,3-4H2,(H,10,11,12). The van der Waals surface area contributed by atoms with Crippen molar-refractivity contribution in [3.8, 4) is 0 Å². The summed E-state index contributed by atoms with van der Waals surface area (Å²) in [5, 5.41) is 12.2. The maximum Gasteiger partial charge on any atom is 0.223 e. The van der Waals surface area contributed by atoms with E-state index in [9.17, 15) is 9.50 Å². The molecule has 1 saturated heterocycles. The van der Waals surface area contributed by atoms with Gasteiger partial charge in [0.1, 0.15) is 0 Å². The molecule has 14 heavy (non-hydrogen) atoms. The molecule has 6 heteroatoms. The largest absolute Gasteiger partial charge is 0.388 e. The lowest BCUT2D eigenvalue weighted by molar-refractivity contribution is 0.125. The van der Waals surface area contributed by atoms with Crippen LogP contribution < -0.4 is 5.32 Å². The van der Waals surface area contributed by atoms with Crippen LogP contribution in [0.3, 0.4) is 0 Å². The number of anilines is 1. The van der Waals surface area contributed by atoms with Crippen LogP contribution >= 0.6 is 0 Å². The van der Waals surface area contributed by atoms with Crippen LogP contribution in [0.1, 0.15) is 0 Å². The van der Waals surface area contributed by atoms with Crippen molar-refractivity contribution in [3.63, 3.8) is 0 Å². The summed E-state index contributed by atoms with van der Waals surface area (Å²) in [5.41, 5.74) is 0. The molecular weight excluding hydrogens is 189 g/mol. The van der Waals surface area contributed by atoms with Gasteiger partial charge in [0, 0.05) is 0 Å². The van der Waals surface area contributed by atoms with Crippen molar-refractivity contribution in [2.24, 2.45) is 0 Å². The fourth-order valence-electron chi connectivity index (χ4n) is 1.23. The molecule has 2 heterocycles. The zero-order chi connectivity index (χ0) is 9.97. The SMILES string of the molecule is OC1COCC1Nc1ncc(F)cn1. The molecule has 2 N–H and O–H groups in total. The number of ether oxygens (including phenoxy) is 1. The van der Waals surface area contributed by atoms with E-state index in [0.29, 0.717) is 19.2 Å². The fraction of sp³-hybridized carbons (Fsp3) is 0.500. The minimum atomic E-state index is -0.566. The highest BCUT2D eigenvalue weighted by molar-refractivity contribution is 5.25. The van der Waals surface area contributed by atoms with Gasteiger partial charge in [0.25, 0.3) is 0 Å². The Morgan fingerprint density at radius 3 is 2.71 bits per heavy atom. The molecule has 1 aliphatic heterocycles. The van der Waals surface area contributed by atoms with Crippen molar-refractivity contribution < 1.29 is 14.2 Å². The number of nitrogens with one attached hydrogen (secondary N) is 1. The van der Waals surface area contributed by atoms with Gasteiger partial charge < -0.3 is 15.2 Å². The molecule has 0 aromatic carbocycles. The van der Waals surface area contributed by atoms with Gasteiger partial charge in [0.05, 0.1) is 37.8 Å². The highest BCUT2D eigenvalue weighted by Gasteiger charge is 2.26. The first-order valence-electron chi connectivity index (χ1n) is 4.25. The number of nitrogens with zero attached hydrogens (tertiary/aromatic N) is 2. The van der Waals surface area contributed by atoms with Gasteiger partial charge >= 0.3 is 0 Å². The molecule has 0 spiro atoms. The second-order valence-electron chi connectivity index (χ2n) is 3.08. The molecule has 0 saturated carbocycles. The molecule has 5 nitrogen and oxygen atoms in total. The Bertz CT molecular complexity index is 306. The first kappa shape index (κ1) is 9.29. The van der Waals surface area contributed by atoms with Gasteiger partial charge in [-0.15, -0.1) is 0 Å². The monoisotopic (exact) mass is 199 g/mol. The van der Waals surface area contributed by atoms with E-state index in [0.717, 1.165) is 12.4 Å². The van der Waals surface area contributed by atoms with Crippen molar-refractivity contribution >= 4 is 5.95 Å². The Hall–Kier alpha value is -1.27. The van der Waals surface area contributed by atoms with Crippen molar-refractivity contribution in [2.45, 2.75) is 12.1 Å². The smallest absolute Gasteiger partial charge is 0.223 e. The maximum absolute atomic E-state index is 12.5. The third-order valence-corrected chi connectivity index (χ3v) is 1.99. The number of aliphatic hydroxyl groups excluding tert-OH is 1. The third-order valence-electron chi connectivity index (χ3n) is 1.99. The fourth-order valence-corrected chi connectivity index (χ4v) is 1.23. The first-order valence-corrected chi connectivity index (χ1v) is 4.25. The Kier molecular flexibility index (Phi) is 2.55. The lowest BCUT2D eigenvalue weighted by atomic mass is 10.2. The van der Waals surface area contributed by atoms with Crippen molar-refractivity contribution in [1.82, 2.24) is 9.97 Å². The summed E-state index contributed by atoms with van der Waals surface area (Å²) in [4.78, 5) is 7.42. The van der Waals surface area contributed by atoms with Crippen molar-refractivity contribution in [2.75, 3.05) is 18.5 Å². The van der Waals surface area contributed by atoms with E-state index in [2.05, 4.69) is 15.3 Å². The molecule has 0 aliphatic carbocycles. The molecule has 76 valence electrons. The molecule has 1 fully saturated rings. The maximum atomic E-state index is 12.5. The topological polar surface area (TPSA) is 67.3 Å². The number of aromatic nitrogens is 2. The van der Waals surface area contributed by atoms with Crippen LogP contribution in [0, 0.1) is 5.82 Å². The molecular formula is C8H10FN3O2. The van der Waals surface area contributed by atoms with Gasteiger partial charge in [-0.3, -0.25) is 0 Å². The average molecular weight is 199 g/mol. The third kappa shape index (κ3) is 1.97. The Balaban J connectivity index is 2.00. The number of hydrogen-bond donors (Lipinski definition) is 2. The van der Waals surface area contributed by atoms with E-state index in [1.54, 1.807) is 0 Å². The van der Waals surface area contributed by atoms with E-state index in [-0.39, 0.29) is 6.04 Å². The zero-order valence-electron chi connectivity index (χ0n) is 7.35. The number of halogens is 1. The highest BCUT2D eigenvalue weighted by atomic mass is 19.1. The van der Waals surface area contributed by atoms with Gasteiger partial charge in [-0.25, -0.2) is 14.4 Å². The summed E-state index contributed by atoms with van der Waals surface area (Å²) in [7, 11) is 0. The Labute approximate surface area is 79.9 Å². The quantitative estimate of drug-likeness (QED) is 0.689. The van der Waals surface area contributed by atoms with Crippen LogP contribution in [-0.4, -0.2) is 40.4 Å². The summed E-state index contributed by atoms with van der Waals surface area (Å²) < 4.78 is 17.5. The van der Waals surface area contributed by atoms with E-state index in [4.69, 9.17) is 4.74 Å². The molecule has 1 aromatic heterocycles. The lowest BCUT2D eigenvalue weighted by Gasteiger charge is -2.13. The average Bonchev–Trinajstić information content (AvgIpc) is 2.56. The Morgan fingerprint density at radius 1 is 1.43 bits per heavy atom. The van der Waals surface area contributed by atoms with Crippen molar-refractivity contribution in [1.29, 1.82) is 0 Å². The van der Waals surface area contributed by atoms with Gasteiger partial charge in [-0.1, -0.05) is 0 Å². The molecule has 2 atom stereocenters. The van der Waals surface area contributed by atoms with Gasteiger partial charge in [0.15, 0.2) is 5.82 Å². The van der Waals surface area contributed by atoms with Gasteiger partial charge in [0.2, 0.25) is 5.95 Å². The summed E-state index contributed by atoms with van der Waals surface area (Å²) in [6, 6.07) is -0.222. The zero-order valence-corrected chi connectivity index (χ0v) is 7.35. The van der Waals surface area contributed by atoms with Crippen LogP contribution in [0.5, 0.6) is 0 Å². The predicted molar refractivity (Wildman–Crippen MR) is 46.2 cm³/mol. The summed E-state index contributed by atoms with van der Waals surface area (Å²) >= 11 is 0. The molecule has 1 aliphatic rings. The number of rotatable bonds is 2. The second-order valence-corrected chi connectivity index (χ2v) is 3.08. The number of hydrogen-bond acceptors (Lipinski definition) is 5. The van der Waals surface area contributed by atoms with Crippen LogP contribution in [-0.2, 0) is 4.74 Å². The van der Waals surface area contributed by atoms with Gasteiger partial charge in [-0.05, 0) is 0 Å². The molecule has 1 aromatic rings. The van der Waals surface area contributed by atoms with Crippen LogP contribution in [0.4, 0.5) is 10.3 Å². The minimum absolute atomic E-state index is 0.222. The molecule has 0 radical (unpaired) electrons.